The van der Waals surface area contributed by atoms with Gasteiger partial charge in [-0.05, 0) is 41.4 Å². The van der Waals surface area contributed by atoms with Gasteiger partial charge in [0.15, 0.2) is 0 Å². The van der Waals surface area contributed by atoms with Gasteiger partial charge in [0.05, 0.1) is 4.47 Å². The number of rotatable bonds is 4. The summed E-state index contributed by atoms with van der Waals surface area (Å²) in [5.74, 6) is 0.934. The Balaban J connectivity index is 2.58. The predicted octanol–water partition coefficient (Wildman–Crippen LogP) is 3.44. The van der Waals surface area contributed by atoms with Gasteiger partial charge in [-0.25, -0.2) is 4.98 Å². The number of pyridine rings is 1. The Morgan fingerprint density at radius 3 is 3.00 bits per heavy atom. The van der Waals surface area contributed by atoms with Crippen molar-refractivity contribution >= 4 is 21.7 Å². The van der Waals surface area contributed by atoms with E-state index in [9.17, 15) is 0 Å². The first kappa shape index (κ1) is 10.5. The Bertz CT molecular complexity index is 263. The number of hydrogen-bond donors (Lipinski definition) is 1. The Morgan fingerprint density at radius 1 is 1.62 bits per heavy atom. The van der Waals surface area contributed by atoms with Gasteiger partial charge in [0.1, 0.15) is 5.82 Å². The molecular weight excluding hydrogens is 228 g/mol. The van der Waals surface area contributed by atoms with Crippen molar-refractivity contribution in [1.29, 1.82) is 0 Å². The second-order valence-electron chi connectivity index (χ2n) is 3.17. The molecule has 1 N–H and O–H groups in total. The van der Waals surface area contributed by atoms with Crippen molar-refractivity contribution in [3.63, 3.8) is 0 Å². The van der Waals surface area contributed by atoms with Crippen LogP contribution in [0.2, 0.25) is 0 Å². The number of halogens is 1. The molecule has 0 aliphatic carbocycles. The first-order valence-corrected chi connectivity index (χ1v) is 5.40. The molecule has 0 saturated carbocycles. The molecule has 1 heterocycles. The van der Waals surface area contributed by atoms with Crippen LogP contribution in [-0.4, -0.2) is 11.0 Å². The third kappa shape index (κ3) is 3.35. The van der Waals surface area contributed by atoms with Gasteiger partial charge >= 0.3 is 0 Å². The average molecular weight is 243 g/mol. The molecule has 0 amide bonds. The summed E-state index contributed by atoms with van der Waals surface area (Å²) < 4.78 is 1.03. The zero-order valence-corrected chi connectivity index (χ0v) is 9.63. The van der Waals surface area contributed by atoms with E-state index in [1.807, 2.05) is 12.1 Å². The lowest BCUT2D eigenvalue weighted by atomic mass is 10.2. The van der Waals surface area contributed by atoms with E-state index in [2.05, 4.69) is 40.1 Å². The number of hydrogen-bond acceptors (Lipinski definition) is 2. The fourth-order valence-electron chi connectivity index (χ4n) is 1.23. The first-order valence-electron chi connectivity index (χ1n) is 4.61. The zero-order chi connectivity index (χ0) is 9.68. The Labute approximate surface area is 87.9 Å². The number of nitrogens with zero attached hydrogens (tertiary/aromatic N) is 1. The lowest BCUT2D eigenvalue weighted by Gasteiger charge is -2.13. The largest absolute Gasteiger partial charge is 0.367 e. The van der Waals surface area contributed by atoms with Crippen LogP contribution < -0.4 is 5.32 Å². The highest BCUT2D eigenvalue weighted by molar-refractivity contribution is 9.10. The molecule has 3 heteroatoms. The van der Waals surface area contributed by atoms with Gasteiger partial charge in [-0.1, -0.05) is 13.3 Å². The van der Waals surface area contributed by atoms with E-state index in [-0.39, 0.29) is 0 Å². The molecule has 0 saturated heterocycles. The van der Waals surface area contributed by atoms with E-state index >= 15 is 0 Å². The summed E-state index contributed by atoms with van der Waals surface area (Å²) in [7, 11) is 0. The van der Waals surface area contributed by atoms with Gasteiger partial charge in [0.25, 0.3) is 0 Å². The zero-order valence-electron chi connectivity index (χ0n) is 8.05. The fraction of sp³-hybridized carbons (Fsp3) is 0.500. The Hall–Kier alpha value is -0.570. The molecule has 0 radical (unpaired) electrons. The predicted molar refractivity (Wildman–Crippen MR) is 59.9 cm³/mol. The van der Waals surface area contributed by atoms with Gasteiger partial charge in [0, 0.05) is 12.2 Å². The van der Waals surface area contributed by atoms with E-state index in [1.165, 1.54) is 12.8 Å². The van der Waals surface area contributed by atoms with E-state index in [0.29, 0.717) is 6.04 Å². The van der Waals surface area contributed by atoms with Gasteiger partial charge in [-0.3, -0.25) is 0 Å². The standard InChI is InChI=1S/C10H15BrN2/c1-3-5-8(2)13-10-9(11)6-4-7-12-10/h4,6-8H,3,5H2,1-2H3,(H,12,13). The summed E-state index contributed by atoms with van der Waals surface area (Å²) in [5, 5.41) is 3.35. The topological polar surface area (TPSA) is 24.9 Å². The van der Waals surface area contributed by atoms with Crippen LogP contribution in [-0.2, 0) is 0 Å². The molecule has 2 nitrogen and oxygen atoms in total. The third-order valence-corrected chi connectivity index (χ3v) is 2.50. The van der Waals surface area contributed by atoms with Crippen molar-refractivity contribution in [2.45, 2.75) is 32.7 Å². The van der Waals surface area contributed by atoms with Gasteiger partial charge in [-0.15, -0.1) is 0 Å². The quantitative estimate of drug-likeness (QED) is 0.876. The molecule has 1 aromatic heterocycles. The Morgan fingerprint density at radius 2 is 2.38 bits per heavy atom. The Kier molecular flexibility index (Phi) is 4.22. The molecule has 0 fully saturated rings. The highest BCUT2D eigenvalue weighted by Gasteiger charge is 2.03. The summed E-state index contributed by atoms with van der Waals surface area (Å²) in [5.41, 5.74) is 0. The fourth-order valence-corrected chi connectivity index (χ4v) is 1.60. The first-order chi connectivity index (χ1) is 6.24. The van der Waals surface area contributed by atoms with Crippen molar-refractivity contribution in [2.75, 3.05) is 5.32 Å². The summed E-state index contributed by atoms with van der Waals surface area (Å²) in [6, 6.07) is 4.39. The molecule has 1 atom stereocenters. The van der Waals surface area contributed by atoms with Crippen LogP contribution in [0.3, 0.4) is 0 Å². The van der Waals surface area contributed by atoms with Crippen LogP contribution in [0.1, 0.15) is 26.7 Å². The van der Waals surface area contributed by atoms with E-state index < -0.39 is 0 Å². The molecule has 0 aromatic carbocycles. The van der Waals surface area contributed by atoms with Gasteiger partial charge in [-0.2, -0.15) is 0 Å². The summed E-state index contributed by atoms with van der Waals surface area (Å²) in [6.07, 6.45) is 4.16. The molecule has 0 bridgehead atoms. The minimum Gasteiger partial charge on any atom is -0.367 e. The molecule has 13 heavy (non-hydrogen) atoms. The van der Waals surface area contributed by atoms with E-state index in [0.717, 1.165) is 10.3 Å². The maximum Gasteiger partial charge on any atom is 0.140 e. The molecule has 1 rings (SSSR count). The molecule has 1 unspecified atom stereocenters. The lowest BCUT2D eigenvalue weighted by molar-refractivity contribution is 0.687. The summed E-state index contributed by atoms with van der Waals surface area (Å²) >= 11 is 3.45. The van der Waals surface area contributed by atoms with Crippen LogP contribution in [0.4, 0.5) is 5.82 Å². The van der Waals surface area contributed by atoms with Crippen LogP contribution >= 0.6 is 15.9 Å². The average Bonchev–Trinajstić information content (AvgIpc) is 2.09. The SMILES string of the molecule is CCCC(C)Nc1ncccc1Br. The molecule has 0 aliphatic heterocycles. The monoisotopic (exact) mass is 242 g/mol. The van der Waals surface area contributed by atoms with Gasteiger partial charge < -0.3 is 5.32 Å². The van der Waals surface area contributed by atoms with E-state index in [4.69, 9.17) is 0 Å². The molecule has 0 aliphatic rings. The minimum atomic E-state index is 0.483. The third-order valence-electron chi connectivity index (χ3n) is 1.86. The summed E-state index contributed by atoms with van der Waals surface area (Å²) in [6.45, 7) is 4.36. The lowest BCUT2D eigenvalue weighted by Crippen LogP contribution is -2.15. The van der Waals surface area contributed by atoms with Crippen LogP contribution in [0.25, 0.3) is 0 Å². The van der Waals surface area contributed by atoms with E-state index in [1.54, 1.807) is 6.20 Å². The highest BCUT2D eigenvalue weighted by atomic mass is 79.9. The minimum absolute atomic E-state index is 0.483. The van der Waals surface area contributed by atoms with Crippen LogP contribution in [0.5, 0.6) is 0 Å². The number of aromatic nitrogens is 1. The van der Waals surface area contributed by atoms with Gasteiger partial charge in [0.2, 0.25) is 0 Å². The smallest absolute Gasteiger partial charge is 0.140 e. The molecule has 0 spiro atoms. The summed E-state index contributed by atoms with van der Waals surface area (Å²) in [4.78, 5) is 4.24. The second kappa shape index (κ2) is 5.22. The number of nitrogens with one attached hydrogen (secondary N) is 1. The molecule has 1 aromatic rings. The van der Waals surface area contributed by atoms with Crippen LogP contribution in [0.15, 0.2) is 22.8 Å². The van der Waals surface area contributed by atoms with Crippen molar-refractivity contribution in [2.24, 2.45) is 0 Å². The maximum atomic E-state index is 4.24. The molecule has 72 valence electrons. The van der Waals surface area contributed by atoms with Crippen LogP contribution in [0, 0.1) is 0 Å². The number of anilines is 1. The maximum absolute atomic E-state index is 4.24. The van der Waals surface area contributed by atoms with Crippen molar-refractivity contribution in [1.82, 2.24) is 4.98 Å². The van der Waals surface area contributed by atoms with Crippen molar-refractivity contribution in [3.05, 3.63) is 22.8 Å². The second-order valence-corrected chi connectivity index (χ2v) is 4.02. The molecular formula is C10H15BrN2. The van der Waals surface area contributed by atoms with Crippen molar-refractivity contribution in [3.8, 4) is 0 Å². The van der Waals surface area contributed by atoms with Crippen molar-refractivity contribution < 1.29 is 0 Å². The normalized spacial score (nSPS) is 12.5. The highest BCUT2D eigenvalue weighted by Crippen LogP contribution is 2.19.